The number of likely N-dealkylation sites (N-methyl/N-ethyl adjacent to an activating group) is 1. The maximum Gasteiger partial charge on any atom is 0.342 e. The molecule has 3 rings (SSSR count). The molecule has 2 heterocycles. The molecule has 0 aliphatic rings. The number of amides is 2. The van der Waals surface area contributed by atoms with Crippen LogP contribution in [0.5, 0.6) is 0 Å². The van der Waals surface area contributed by atoms with Gasteiger partial charge < -0.3 is 15.0 Å². The molecule has 2 aromatic heterocycles. The molecule has 0 saturated heterocycles. The van der Waals surface area contributed by atoms with E-state index in [9.17, 15) is 18.8 Å². The predicted molar refractivity (Wildman–Crippen MR) is 115 cm³/mol. The molecule has 156 valence electrons. The smallest absolute Gasteiger partial charge is 0.342 e. The van der Waals surface area contributed by atoms with E-state index in [2.05, 4.69) is 5.32 Å². The van der Waals surface area contributed by atoms with Crippen LogP contribution in [0, 0.1) is 5.82 Å². The van der Waals surface area contributed by atoms with Crippen LogP contribution < -0.4 is 5.32 Å². The normalized spacial score (nSPS) is 10.5. The van der Waals surface area contributed by atoms with Gasteiger partial charge in [-0.15, -0.1) is 22.7 Å². The van der Waals surface area contributed by atoms with Crippen LogP contribution in [-0.4, -0.2) is 36.3 Å². The van der Waals surface area contributed by atoms with Crippen LogP contribution in [0.15, 0.2) is 47.2 Å². The van der Waals surface area contributed by atoms with Crippen molar-refractivity contribution in [1.82, 2.24) is 4.90 Å². The molecule has 30 heavy (non-hydrogen) atoms. The second-order valence-corrected chi connectivity index (χ2v) is 8.30. The fourth-order valence-corrected chi connectivity index (χ4v) is 4.55. The molecule has 6 nitrogen and oxygen atoms in total. The van der Waals surface area contributed by atoms with E-state index < -0.39 is 18.5 Å². The van der Waals surface area contributed by atoms with Crippen molar-refractivity contribution in [3.05, 3.63) is 64.1 Å². The molecule has 0 atom stereocenters. The summed E-state index contributed by atoms with van der Waals surface area (Å²) in [5, 5.41) is 6.66. The van der Waals surface area contributed by atoms with E-state index in [4.69, 9.17) is 4.74 Å². The molecule has 0 radical (unpaired) electrons. The SMILES string of the molecule is CC(=O)Nc1scc(-c2cccs2)c1C(=O)OCC(=O)N(C)Cc1cccc(F)c1. The average molecular weight is 447 g/mol. The Bertz CT molecular complexity index is 1060. The summed E-state index contributed by atoms with van der Waals surface area (Å²) in [4.78, 5) is 38.8. The second-order valence-electron chi connectivity index (χ2n) is 6.47. The summed E-state index contributed by atoms with van der Waals surface area (Å²) < 4.78 is 18.6. The van der Waals surface area contributed by atoms with Crippen LogP contribution in [0.3, 0.4) is 0 Å². The summed E-state index contributed by atoms with van der Waals surface area (Å²) in [5.74, 6) is -1.82. The van der Waals surface area contributed by atoms with Gasteiger partial charge in [-0.2, -0.15) is 0 Å². The summed E-state index contributed by atoms with van der Waals surface area (Å²) in [6, 6.07) is 9.65. The number of anilines is 1. The Morgan fingerprint density at radius 1 is 1.17 bits per heavy atom. The lowest BCUT2D eigenvalue weighted by Crippen LogP contribution is -2.31. The molecule has 0 spiro atoms. The van der Waals surface area contributed by atoms with Crippen molar-refractivity contribution in [3.8, 4) is 10.4 Å². The van der Waals surface area contributed by atoms with Crippen molar-refractivity contribution in [2.45, 2.75) is 13.5 Å². The highest BCUT2D eigenvalue weighted by atomic mass is 32.1. The Morgan fingerprint density at radius 2 is 1.97 bits per heavy atom. The first-order valence-electron chi connectivity index (χ1n) is 8.93. The molecule has 2 amide bonds. The number of carbonyl (C=O) groups is 3. The largest absolute Gasteiger partial charge is 0.452 e. The Labute approximate surface area is 180 Å². The summed E-state index contributed by atoms with van der Waals surface area (Å²) in [5.41, 5.74) is 1.49. The molecule has 0 bridgehead atoms. The Kier molecular flexibility index (Phi) is 6.96. The quantitative estimate of drug-likeness (QED) is 0.546. The molecule has 0 unspecified atom stereocenters. The molecule has 1 N–H and O–H groups in total. The van der Waals surface area contributed by atoms with Crippen molar-refractivity contribution in [2.24, 2.45) is 0 Å². The summed E-state index contributed by atoms with van der Waals surface area (Å²) in [6.07, 6.45) is 0. The maximum atomic E-state index is 13.3. The zero-order valence-electron chi connectivity index (χ0n) is 16.3. The molecule has 9 heteroatoms. The van der Waals surface area contributed by atoms with Crippen molar-refractivity contribution < 1.29 is 23.5 Å². The van der Waals surface area contributed by atoms with Crippen LogP contribution in [0.2, 0.25) is 0 Å². The van der Waals surface area contributed by atoms with Gasteiger partial charge >= 0.3 is 5.97 Å². The predicted octanol–water partition coefficient (Wildman–Crippen LogP) is 4.39. The van der Waals surface area contributed by atoms with Gasteiger partial charge in [0.05, 0.1) is 0 Å². The summed E-state index contributed by atoms with van der Waals surface area (Å²) >= 11 is 2.67. The first-order chi connectivity index (χ1) is 14.3. The minimum absolute atomic E-state index is 0.185. The molecule has 0 aliphatic heterocycles. The highest BCUT2D eigenvalue weighted by molar-refractivity contribution is 7.17. The topological polar surface area (TPSA) is 75.7 Å². The van der Waals surface area contributed by atoms with E-state index in [0.717, 1.165) is 4.88 Å². The maximum absolute atomic E-state index is 13.3. The molecule has 0 fully saturated rings. The van der Waals surface area contributed by atoms with Gasteiger partial charge in [-0.1, -0.05) is 18.2 Å². The van der Waals surface area contributed by atoms with E-state index >= 15 is 0 Å². The number of carbonyl (C=O) groups excluding carboxylic acids is 3. The number of ether oxygens (including phenoxy) is 1. The Balaban J connectivity index is 1.70. The molecule has 3 aromatic rings. The number of halogens is 1. The number of nitrogens with zero attached hydrogens (tertiary/aromatic N) is 1. The van der Waals surface area contributed by atoms with Crippen LogP contribution in [0.1, 0.15) is 22.8 Å². The van der Waals surface area contributed by atoms with E-state index in [1.165, 1.54) is 46.6 Å². The van der Waals surface area contributed by atoms with Gasteiger partial charge in [0.1, 0.15) is 16.4 Å². The van der Waals surface area contributed by atoms with E-state index in [1.54, 1.807) is 24.6 Å². The average Bonchev–Trinajstić information content (AvgIpc) is 3.35. The number of nitrogens with one attached hydrogen (secondary N) is 1. The van der Waals surface area contributed by atoms with Gasteiger partial charge in [0.2, 0.25) is 5.91 Å². The van der Waals surface area contributed by atoms with Crippen molar-refractivity contribution >= 4 is 45.5 Å². The highest BCUT2D eigenvalue weighted by Gasteiger charge is 2.24. The number of hydrogen-bond acceptors (Lipinski definition) is 6. The molecule has 1 aromatic carbocycles. The minimum atomic E-state index is -0.698. The van der Waals surface area contributed by atoms with Gasteiger partial charge in [-0.3, -0.25) is 9.59 Å². The molecular weight excluding hydrogens is 427 g/mol. The molecule has 0 saturated carbocycles. The summed E-state index contributed by atoms with van der Waals surface area (Å²) in [7, 11) is 1.55. The van der Waals surface area contributed by atoms with Crippen LogP contribution in [0.25, 0.3) is 10.4 Å². The number of thiophene rings is 2. The lowest BCUT2D eigenvalue weighted by atomic mass is 10.1. The minimum Gasteiger partial charge on any atom is -0.452 e. The van der Waals surface area contributed by atoms with Gasteiger partial charge in [0, 0.05) is 36.3 Å². The number of benzene rings is 1. The third kappa shape index (κ3) is 5.31. The Morgan fingerprint density at radius 3 is 2.63 bits per heavy atom. The standard InChI is InChI=1S/C21H19FN2O4S2/c1-13(25)23-20-19(16(12-30-20)17-7-4-8-29-17)21(27)28-11-18(26)24(2)10-14-5-3-6-15(22)9-14/h3-9,12H,10-11H2,1-2H3,(H,23,25). The number of hydrogen-bond donors (Lipinski definition) is 1. The molecule has 0 aliphatic carbocycles. The monoisotopic (exact) mass is 446 g/mol. The van der Waals surface area contributed by atoms with Crippen molar-refractivity contribution in [1.29, 1.82) is 0 Å². The third-order valence-corrected chi connectivity index (χ3v) is 5.93. The second kappa shape index (κ2) is 9.64. The lowest BCUT2D eigenvalue weighted by Gasteiger charge is -2.17. The number of rotatable bonds is 7. The van der Waals surface area contributed by atoms with Gasteiger partial charge in [-0.05, 0) is 29.1 Å². The molecular formula is C21H19FN2O4S2. The van der Waals surface area contributed by atoms with E-state index in [0.29, 0.717) is 16.1 Å². The van der Waals surface area contributed by atoms with Crippen LogP contribution in [0.4, 0.5) is 9.39 Å². The van der Waals surface area contributed by atoms with Crippen molar-refractivity contribution in [3.63, 3.8) is 0 Å². The number of esters is 1. The van der Waals surface area contributed by atoms with Crippen LogP contribution >= 0.6 is 22.7 Å². The fourth-order valence-electron chi connectivity index (χ4n) is 2.73. The highest BCUT2D eigenvalue weighted by Crippen LogP contribution is 2.38. The van der Waals surface area contributed by atoms with Gasteiger partial charge in [0.25, 0.3) is 5.91 Å². The summed E-state index contributed by atoms with van der Waals surface area (Å²) in [6.45, 7) is 1.07. The van der Waals surface area contributed by atoms with E-state index in [1.807, 2.05) is 17.5 Å². The zero-order valence-corrected chi connectivity index (χ0v) is 17.9. The van der Waals surface area contributed by atoms with Crippen molar-refractivity contribution in [2.75, 3.05) is 19.0 Å². The van der Waals surface area contributed by atoms with Gasteiger partial charge in [0.15, 0.2) is 6.61 Å². The lowest BCUT2D eigenvalue weighted by molar-refractivity contribution is -0.133. The van der Waals surface area contributed by atoms with E-state index in [-0.39, 0.29) is 23.8 Å². The Hall–Kier alpha value is -3.04. The first kappa shape index (κ1) is 21.7. The fraction of sp³-hybridized carbons (Fsp3) is 0.190. The third-order valence-electron chi connectivity index (χ3n) is 4.13. The zero-order chi connectivity index (χ0) is 21.7. The van der Waals surface area contributed by atoms with Gasteiger partial charge in [-0.25, -0.2) is 9.18 Å². The van der Waals surface area contributed by atoms with Crippen LogP contribution in [-0.2, 0) is 20.9 Å². The first-order valence-corrected chi connectivity index (χ1v) is 10.7.